The summed E-state index contributed by atoms with van der Waals surface area (Å²) in [6, 6.07) is 16.4. The number of hydrogen-bond acceptors (Lipinski definition) is 5. The van der Waals surface area contributed by atoms with Crippen molar-refractivity contribution in [2.75, 3.05) is 0 Å². The first kappa shape index (κ1) is 17.2. The number of carbonyl (C=O) groups excluding carboxylic acids is 1. The molecule has 4 aromatic rings. The maximum absolute atomic E-state index is 12.3. The van der Waals surface area contributed by atoms with Crippen molar-refractivity contribution in [1.29, 1.82) is 0 Å². The number of hydrogen-bond donors (Lipinski definition) is 1. The molecule has 1 N–H and O–H groups in total. The largest absolute Gasteiger partial charge is 0.439 e. The van der Waals surface area contributed by atoms with E-state index in [1.807, 2.05) is 53.1 Å². The first-order chi connectivity index (χ1) is 13.2. The second-order valence-electron chi connectivity index (χ2n) is 5.67. The topological polar surface area (TPSA) is 81.4 Å². The number of amides is 1. The van der Waals surface area contributed by atoms with Crippen LogP contribution in [0.3, 0.4) is 0 Å². The Hall–Kier alpha value is -3.26. The van der Waals surface area contributed by atoms with Crippen LogP contribution in [0.2, 0.25) is 0 Å². The summed E-state index contributed by atoms with van der Waals surface area (Å²) in [5, 5.41) is 11.0. The van der Waals surface area contributed by atoms with Crippen LogP contribution >= 0.6 is 15.9 Å². The van der Waals surface area contributed by atoms with Gasteiger partial charge in [0.05, 0.1) is 12.1 Å². The Morgan fingerprint density at radius 3 is 2.70 bits per heavy atom. The smallest absolute Gasteiger partial charge is 0.253 e. The summed E-state index contributed by atoms with van der Waals surface area (Å²) in [6.45, 7) is 0.265. The number of rotatable bonds is 5. The van der Waals surface area contributed by atoms with E-state index < -0.39 is 0 Å². The van der Waals surface area contributed by atoms with Crippen LogP contribution < -0.4 is 10.1 Å². The van der Waals surface area contributed by atoms with Crippen LogP contribution in [0.15, 0.2) is 71.5 Å². The highest BCUT2D eigenvalue weighted by molar-refractivity contribution is 9.10. The molecule has 0 aliphatic heterocycles. The molecule has 0 aliphatic rings. The summed E-state index contributed by atoms with van der Waals surface area (Å²) < 4.78 is 8.44. The highest BCUT2D eigenvalue weighted by Crippen LogP contribution is 2.21. The SMILES string of the molecule is O=C(NCc1nnc2ccccn12)c1ccc(Oc2ccc(Br)cc2)nc1. The van der Waals surface area contributed by atoms with E-state index >= 15 is 0 Å². The number of nitrogens with zero attached hydrogens (tertiary/aromatic N) is 4. The van der Waals surface area contributed by atoms with Crippen molar-refractivity contribution in [1.82, 2.24) is 24.9 Å². The minimum atomic E-state index is -0.245. The third kappa shape index (κ3) is 3.95. The average molecular weight is 424 g/mol. The number of nitrogens with one attached hydrogen (secondary N) is 1. The van der Waals surface area contributed by atoms with E-state index in [4.69, 9.17) is 4.74 Å². The molecule has 0 spiro atoms. The number of carbonyl (C=O) groups is 1. The molecule has 0 fully saturated rings. The molecule has 1 aromatic carbocycles. The Balaban J connectivity index is 1.39. The van der Waals surface area contributed by atoms with E-state index in [1.165, 1.54) is 6.20 Å². The van der Waals surface area contributed by atoms with Crippen LogP contribution in [0, 0.1) is 0 Å². The summed E-state index contributed by atoms with van der Waals surface area (Å²) in [6.07, 6.45) is 3.33. The van der Waals surface area contributed by atoms with Gasteiger partial charge in [-0.2, -0.15) is 0 Å². The van der Waals surface area contributed by atoms with Gasteiger partial charge in [-0.1, -0.05) is 22.0 Å². The fourth-order valence-corrected chi connectivity index (χ4v) is 2.74. The summed E-state index contributed by atoms with van der Waals surface area (Å²) >= 11 is 3.37. The molecule has 8 heteroatoms. The molecule has 0 atom stereocenters. The summed E-state index contributed by atoms with van der Waals surface area (Å²) in [7, 11) is 0. The van der Waals surface area contributed by atoms with E-state index in [0.29, 0.717) is 23.0 Å². The van der Waals surface area contributed by atoms with Crippen LogP contribution in [0.25, 0.3) is 5.65 Å². The van der Waals surface area contributed by atoms with Crippen molar-refractivity contribution in [3.63, 3.8) is 0 Å². The highest BCUT2D eigenvalue weighted by Gasteiger charge is 2.10. The average Bonchev–Trinajstić information content (AvgIpc) is 3.12. The highest BCUT2D eigenvalue weighted by atomic mass is 79.9. The van der Waals surface area contributed by atoms with Crippen molar-refractivity contribution in [2.45, 2.75) is 6.54 Å². The Bertz CT molecular complexity index is 1080. The van der Waals surface area contributed by atoms with Crippen molar-refractivity contribution in [3.8, 4) is 11.6 Å². The zero-order valence-corrected chi connectivity index (χ0v) is 15.6. The molecule has 0 aliphatic carbocycles. The molecule has 1 amide bonds. The molecule has 0 saturated heterocycles. The van der Waals surface area contributed by atoms with Gasteiger partial charge in [0.1, 0.15) is 5.75 Å². The number of benzene rings is 1. The monoisotopic (exact) mass is 423 g/mol. The van der Waals surface area contributed by atoms with E-state index in [9.17, 15) is 4.79 Å². The van der Waals surface area contributed by atoms with Crippen molar-refractivity contribution >= 4 is 27.5 Å². The molecule has 134 valence electrons. The molecular formula is C19H14BrN5O2. The summed E-state index contributed by atoms with van der Waals surface area (Å²) in [5.74, 6) is 1.49. The zero-order chi connectivity index (χ0) is 18.6. The van der Waals surface area contributed by atoms with Gasteiger partial charge in [0.15, 0.2) is 11.5 Å². The van der Waals surface area contributed by atoms with Gasteiger partial charge in [-0.25, -0.2) is 4.98 Å². The van der Waals surface area contributed by atoms with Crippen LogP contribution in [0.4, 0.5) is 0 Å². The van der Waals surface area contributed by atoms with E-state index in [1.54, 1.807) is 12.1 Å². The quantitative estimate of drug-likeness (QED) is 0.530. The normalized spacial score (nSPS) is 10.7. The van der Waals surface area contributed by atoms with Crippen LogP contribution in [0.5, 0.6) is 11.6 Å². The Labute approximate surface area is 163 Å². The van der Waals surface area contributed by atoms with Gasteiger partial charge in [0.25, 0.3) is 5.91 Å². The number of aromatic nitrogens is 4. The lowest BCUT2D eigenvalue weighted by Gasteiger charge is -2.07. The van der Waals surface area contributed by atoms with Gasteiger partial charge in [-0.15, -0.1) is 10.2 Å². The fourth-order valence-electron chi connectivity index (χ4n) is 2.47. The lowest BCUT2D eigenvalue weighted by Crippen LogP contribution is -2.24. The van der Waals surface area contributed by atoms with Crippen molar-refractivity contribution in [2.24, 2.45) is 0 Å². The van der Waals surface area contributed by atoms with Crippen molar-refractivity contribution < 1.29 is 9.53 Å². The Morgan fingerprint density at radius 1 is 1.07 bits per heavy atom. The Kier molecular flexibility index (Phi) is 4.80. The van der Waals surface area contributed by atoms with Crippen LogP contribution in [-0.2, 0) is 6.54 Å². The van der Waals surface area contributed by atoms with Crippen LogP contribution in [0.1, 0.15) is 16.2 Å². The van der Waals surface area contributed by atoms with Crippen molar-refractivity contribution in [3.05, 3.63) is 82.9 Å². The fraction of sp³-hybridized carbons (Fsp3) is 0.0526. The molecule has 0 saturated carbocycles. The number of fused-ring (bicyclic) bond motifs is 1. The van der Waals surface area contributed by atoms with Gasteiger partial charge in [0.2, 0.25) is 5.88 Å². The standard InChI is InChI=1S/C19H14BrN5O2/c20-14-5-7-15(8-6-14)27-18-9-4-13(11-21-18)19(26)22-12-17-24-23-16-3-1-2-10-25(16)17/h1-11H,12H2,(H,22,26). The van der Waals surface area contributed by atoms with E-state index in [-0.39, 0.29) is 12.5 Å². The predicted molar refractivity (Wildman–Crippen MR) is 103 cm³/mol. The van der Waals surface area contributed by atoms with E-state index in [2.05, 4.69) is 36.4 Å². The maximum Gasteiger partial charge on any atom is 0.253 e. The second kappa shape index (κ2) is 7.55. The molecule has 0 radical (unpaired) electrons. The Morgan fingerprint density at radius 2 is 1.93 bits per heavy atom. The lowest BCUT2D eigenvalue weighted by molar-refractivity contribution is 0.0949. The predicted octanol–water partition coefficient (Wildman–Crippen LogP) is 3.61. The zero-order valence-electron chi connectivity index (χ0n) is 14.0. The van der Waals surface area contributed by atoms with E-state index in [0.717, 1.165) is 10.1 Å². The summed E-state index contributed by atoms with van der Waals surface area (Å²) in [4.78, 5) is 16.5. The minimum Gasteiger partial charge on any atom is -0.439 e. The minimum absolute atomic E-state index is 0.245. The van der Waals surface area contributed by atoms with Gasteiger partial charge in [0, 0.05) is 22.9 Å². The number of halogens is 1. The lowest BCUT2D eigenvalue weighted by atomic mass is 10.2. The van der Waals surface area contributed by atoms with Gasteiger partial charge >= 0.3 is 0 Å². The first-order valence-corrected chi connectivity index (χ1v) is 8.95. The number of ether oxygens (including phenoxy) is 1. The van der Waals surface area contributed by atoms with Gasteiger partial charge < -0.3 is 10.1 Å². The third-order valence-electron chi connectivity index (χ3n) is 3.83. The van der Waals surface area contributed by atoms with Gasteiger partial charge in [-0.05, 0) is 42.5 Å². The molecule has 7 nitrogen and oxygen atoms in total. The molecule has 3 heterocycles. The maximum atomic E-state index is 12.3. The molecular weight excluding hydrogens is 410 g/mol. The first-order valence-electron chi connectivity index (χ1n) is 8.15. The molecule has 27 heavy (non-hydrogen) atoms. The molecule has 3 aromatic heterocycles. The molecule has 0 unspecified atom stereocenters. The molecule has 4 rings (SSSR count). The second-order valence-corrected chi connectivity index (χ2v) is 6.58. The van der Waals surface area contributed by atoms with Gasteiger partial charge in [-0.3, -0.25) is 9.20 Å². The molecule has 0 bridgehead atoms. The number of pyridine rings is 2. The summed E-state index contributed by atoms with van der Waals surface area (Å²) in [5.41, 5.74) is 1.17. The van der Waals surface area contributed by atoms with Crippen LogP contribution in [-0.4, -0.2) is 25.5 Å². The third-order valence-corrected chi connectivity index (χ3v) is 4.35.